The number of piperidine rings is 1. The fourth-order valence-corrected chi connectivity index (χ4v) is 1.93. The predicted molar refractivity (Wildman–Crippen MR) is 47.6 cm³/mol. The normalized spacial score (nSPS) is 23.8. The van der Waals surface area contributed by atoms with Crippen LogP contribution in [0, 0.1) is 5.92 Å². The van der Waals surface area contributed by atoms with Crippen molar-refractivity contribution in [3.05, 3.63) is 0 Å². The maximum Gasteiger partial charge on any atom is 0.401 e. The Morgan fingerprint density at radius 2 is 1.86 bits per heavy atom. The monoisotopic (exact) mass is 211 g/mol. The first-order chi connectivity index (χ1) is 6.38. The van der Waals surface area contributed by atoms with Gasteiger partial charge in [0.2, 0.25) is 0 Å². The molecule has 14 heavy (non-hydrogen) atoms. The van der Waals surface area contributed by atoms with Gasteiger partial charge in [-0.3, -0.25) is 4.90 Å². The Kier molecular flexibility index (Phi) is 3.78. The highest BCUT2D eigenvalue weighted by atomic mass is 19.4. The Morgan fingerprint density at radius 3 is 2.21 bits per heavy atom. The van der Waals surface area contributed by atoms with Gasteiger partial charge in [0.25, 0.3) is 0 Å². The first-order valence-corrected chi connectivity index (χ1v) is 5.00. The molecule has 0 unspecified atom stereocenters. The maximum atomic E-state index is 12.0. The third-order valence-electron chi connectivity index (χ3n) is 2.84. The van der Waals surface area contributed by atoms with Crippen LogP contribution in [-0.2, 0) is 0 Å². The summed E-state index contributed by atoms with van der Waals surface area (Å²) >= 11 is 0. The van der Waals surface area contributed by atoms with Gasteiger partial charge in [-0.1, -0.05) is 0 Å². The second-order valence-corrected chi connectivity index (χ2v) is 4.21. The Labute approximate surface area is 82.2 Å². The SMILES string of the molecule is C[C@@H]([NH3+])C1CCN(CC(F)(F)F)CC1. The van der Waals surface area contributed by atoms with E-state index in [-0.39, 0.29) is 0 Å². The van der Waals surface area contributed by atoms with Crippen molar-refractivity contribution in [3.63, 3.8) is 0 Å². The summed E-state index contributed by atoms with van der Waals surface area (Å²) in [6.07, 6.45) is -2.36. The molecule has 0 aromatic carbocycles. The summed E-state index contributed by atoms with van der Waals surface area (Å²) in [6, 6.07) is 0.350. The number of alkyl halides is 3. The van der Waals surface area contributed by atoms with Crippen molar-refractivity contribution in [1.29, 1.82) is 0 Å². The molecule has 5 heteroatoms. The van der Waals surface area contributed by atoms with Crippen LogP contribution in [0.4, 0.5) is 13.2 Å². The van der Waals surface area contributed by atoms with E-state index in [9.17, 15) is 13.2 Å². The van der Waals surface area contributed by atoms with Crippen LogP contribution in [0.2, 0.25) is 0 Å². The second-order valence-electron chi connectivity index (χ2n) is 4.21. The van der Waals surface area contributed by atoms with Gasteiger partial charge in [0.1, 0.15) is 0 Å². The molecule has 0 amide bonds. The van der Waals surface area contributed by atoms with E-state index in [1.807, 2.05) is 6.92 Å². The lowest BCUT2D eigenvalue weighted by molar-refractivity contribution is -0.429. The third-order valence-corrected chi connectivity index (χ3v) is 2.84. The molecule has 1 atom stereocenters. The zero-order chi connectivity index (χ0) is 10.8. The average Bonchev–Trinajstić information content (AvgIpc) is 2.02. The van der Waals surface area contributed by atoms with Crippen molar-refractivity contribution < 1.29 is 18.9 Å². The molecular formula is C9H18F3N2+. The zero-order valence-corrected chi connectivity index (χ0v) is 8.48. The number of hydrogen-bond acceptors (Lipinski definition) is 1. The van der Waals surface area contributed by atoms with Crippen molar-refractivity contribution in [2.24, 2.45) is 5.92 Å². The highest BCUT2D eigenvalue weighted by molar-refractivity contribution is 4.76. The number of likely N-dealkylation sites (tertiary alicyclic amines) is 1. The molecule has 84 valence electrons. The standard InChI is InChI=1S/C9H17F3N2/c1-7(13)8-2-4-14(5-3-8)6-9(10,11)12/h7-8H,2-6,13H2,1H3/p+1/t7-/m1/s1. The van der Waals surface area contributed by atoms with Gasteiger partial charge in [-0.2, -0.15) is 13.2 Å². The second kappa shape index (κ2) is 4.49. The summed E-state index contributed by atoms with van der Waals surface area (Å²) in [4.78, 5) is 1.48. The van der Waals surface area contributed by atoms with Crippen LogP contribution in [0.15, 0.2) is 0 Å². The number of hydrogen-bond donors (Lipinski definition) is 1. The lowest BCUT2D eigenvalue weighted by atomic mass is 9.91. The van der Waals surface area contributed by atoms with Gasteiger partial charge in [0.05, 0.1) is 12.6 Å². The van der Waals surface area contributed by atoms with Crippen LogP contribution >= 0.6 is 0 Å². The van der Waals surface area contributed by atoms with Gasteiger partial charge in [0.15, 0.2) is 0 Å². The van der Waals surface area contributed by atoms with Gasteiger partial charge >= 0.3 is 6.18 Å². The minimum atomic E-state index is -4.05. The van der Waals surface area contributed by atoms with Crippen molar-refractivity contribution >= 4 is 0 Å². The highest BCUT2D eigenvalue weighted by Gasteiger charge is 2.33. The lowest BCUT2D eigenvalue weighted by Gasteiger charge is -2.32. The van der Waals surface area contributed by atoms with Crippen LogP contribution in [0.25, 0.3) is 0 Å². The molecule has 0 spiro atoms. The van der Waals surface area contributed by atoms with Crippen molar-refractivity contribution in [2.45, 2.75) is 32.0 Å². The number of halogens is 3. The minimum absolute atomic E-state index is 0.350. The van der Waals surface area contributed by atoms with E-state index in [1.54, 1.807) is 0 Å². The molecule has 1 saturated heterocycles. The van der Waals surface area contributed by atoms with Crippen LogP contribution in [0.5, 0.6) is 0 Å². The number of quaternary nitrogens is 1. The molecule has 1 aliphatic heterocycles. The van der Waals surface area contributed by atoms with E-state index in [2.05, 4.69) is 5.73 Å². The molecule has 0 aromatic heterocycles. The van der Waals surface area contributed by atoms with Crippen molar-refractivity contribution in [1.82, 2.24) is 4.90 Å². The first kappa shape index (κ1) is 11.8. The number of nitrogens with zero attached hydrogens (tertiary/aromatic N) is 1. The van der Waals surface area contributed by atoms with Gasteiger partial charge in [-0.25, -0.2) is 0 Å². The fourth-order valence-electron chi connectivity index (χ4n) is 1.93. The molecule has 0 aromatic rings. The Bertz CT molecular complexity index is 171. The highest BCUT2D eigenvalue weighted by Crippen LogP contribution is 2.23. The zero-order valence-electron chi connectivity index (χ0n) is 8.48. The first-order valence-electron chi connectivity index (χ1n) is 5.00. The van der Waals surface area contributed by atoms with Gasteiger partial charge in [-0.15, -0.1) is 0 Å². The Morgan fingerprint density at radius 1 is 1.36 bits per heavy atom. The molecule has 1 rings (SSSR count). The summed E-state index contributed by atoms with van der Waals surface area (Å²) in [5.41, 5.74) is 3.92. The molecule has 1 heterocycles. The van der Waals surface area contributed by atoms with Gasteiger partial charge in [-0.05, 0) is 32.9 Å². The van der Waals surface area contributed by atoms with Crippen molar-refractivity contribution in [2.75, 3.05) is 19.6 Å². The third kappa shape index (κ3) is 3.84. The summed E-state index contributed by atoms with van der Waals surface area (Å²) in [5, 5.41) is 0. The topological polar surface area (TPSA) is 30.9 Å². The van der Waals surface area contributed by atoms with Gasteiger partial charge in [0, 0.05) is 5.92 Å². The van der Waals surface area contributed by atoms with E-state index in [0.717, 1.165) is 12.8 Å². The molecule has 2 nitrogen and oxygen atoms in total. The summed E-state index contributed by atoms with van der Waals surface area (Å²) in [7, 11) is 0. The molecule has 3 N–H and O–H groups in total. The van der Waals surface area contributed by atoms with E-state index < -0.39 is 12.7 Å². The molecule has 0 bridgehead atoms. The summed E-state index contributed by atoms with van der Waals surface area (Å²) < 4.78 is 36.1. The molecule has 1 aliphatic rings. The largest absolute Gasteiger partial charge is 0.401 e. The predicted octanol–water partition coefficient (Wildman–Crippen LogP) is 0.891. The summed E-state index contributed by atoms with van der Waals surface area (Å²) in [6.45, 7) is 2.39. The van der Waals surface area contributed by atoms with Gasteiger partial charge < -0.3 is 5.73 Å². The Balaban J connectivity index is 2.29. The van der Waals surface area contributed by atoms with E-state index in [4.69, 9.17) is 0 Å². The van der Waals surface area contributed by atoms with Crippen LogP contribution in [-0.4, -0.2) is 36.8 Å². The van der Waals surface area contributed by atoms with E-state index in [0.29, 0.717) is 25.0 Å². The minimum Gasteiger partial charge on any atom is -0.355 e. The Hall–Kier alpha value is -0.290. The molecule has 1 fully saturated rings. The molecular weight excluding hydrogens is 193 g/mol. The lowest BCUT2D eigenvalue weighted by Crippen LogP contribution is -2.63. The molecule has 0 radical (unpaired) electrons. The van der Waals surface area contributed by atoms with Crippen molar-refractivity contribution in [3.8, 4) is 0 Å². The fraction of sp³-hybridized carbons (Fsp3) is 1.00. The van der Waals surface area contributed by atoms with E-state index >= 15 is 0 Å². The number of rotatable bonds is 2. The summed E-state index contributed by atoms with van der Waals surface area (Å²) in [5.74, 6) is 0.500. The molecule has 0 aliphatic carbocycles. The average molecular weight is 211 g/mol. The van der Waals surface area contributed by atoms with Crippen LogP contribution < -0.4 is 5.73 Å². The smallest absolute Gasteiger partial charge is 0.355 e. The van der Waals surface area contributed by atoms with Crippen LogP contribution in [0.3, 0.4) is 0 Å². The molecule has 0 saturated carbocycles. The van der Waals surface area contributed by atoms with Crippen LogP contribution in [0.1, 0.15) is 19.8 Å². The maximum absolute atomic E-state index is 12.0. The quantitative estimate of drug-likeness (QED) is 0.722. The van der Waals surface area contributed by atoms with E-state index in [1.165, 1.54) is 4.90 Å².